The molecule has 0 saturated heterocycles. The van der Waals surface area contributed by atoms with Crippen molar-refractivity contribution in [1.29, 1.82) is 0 Å². The molecule has 1 nitrogen and oxygen atoms in total. The van der Waals surface area contributed by atoms with Crippen LogP contribution in [0.4, 0.5) is 13.2 Å². The van der Waals surface area contributed by atoms with Crippen LogP contribution < -0.4 is 0 Å². The largest absolute Gasteiger partial charge is 0.493 e. The first-order valence-electron chi connectivity index (χ1n) is 4.75. The summed E-state index contributed by atoms with van der Waals surface area (Å²) >= 11 is 0. The predicted octanol–water partition coefficient (Wildman–Crippen LogP) is 3.92. The highest BCUT2D eigenvalue weighted by Gasteiger charge is 2.33. The van der Waals surface area contributed by atoms with Crippen LogP contribution in [-0.2, 0) is 10.9 Å². The van der Waals surface area contributed by atoms with E-state index in [1.165, 1.54) is 18.2 Å². The third kappa shape index (κ3) is 2.78. The minimum Gasteiger partial charge on any atom is -0.493 e. The van der Waals surface area contributed by atoms with Crippen LogP contribution in [-0.4, -0.2) is 6.61 Å². The molecule has 0 aliphatic rings. The standard InChI is InChI=1S/C12H12F3O/c1-3-11(16-4-2)9-7-5-6-8-10(9)12(13,14)15/h3,5-8H,2,4H2,1H3. The molecular weight excluding hydrogens is 217 g/mol. The Bertz CT molecular complexity index is 380. The second-order valence-corrected chi connectivity index (χ2v) is 3.04. The topological polar surface area (TPSA) is 9.23 Å². The molecule has 0 saturated carbocycles. The van der Waals surface area contributed by atoms with Crippen molar-refractivity contribution >= 4 is 5.76 Å². The molecular formula is C12H12F3O. The fraction of sp³-hybridized carbons (Fsp3) is 0.250. The molecule has 0 fully saturated rings. The van der Waals surface area contributed by atoms with Crippen LogP contribution in [0.1, 0.15) is 18.1 Å². The Hall–Kier alpha value is -1.45. The van der Waals surface area contributed by atoms with Gasteiger partial charge >= 0.3 is 6.18 Å². The molecule has 0 bridgehead atoms. The van der Waals surface area contributed by atoms with E-state index in [1.807, 2.05) is 0 Å². The number of alkyl halides is 3. The van der Waals surface area contributed by atoms with Gasteiger partial charge < -0.3 is 4.74 Å². The van der Waals surface area contributed by atoms with Gasteiger partial charge in [-0.2, -0.15) is 13.2 Å². The molecule has 0 heterocycles. The first-order valence-corrected chi connectivity index (χ1v) is 4.75. The number of ether oxygens (including phenoxy) is 1. The highest BCUT2D eigenvalue weighted by atomic mass is 19.4. The smallest absolute Gasteiger partial charge is 0.417 e. The number of rotatable bonds is 3. The van der Waals surface area contributed by atoms with Crippen LogP contribution in [0, 0.1) is 6.92 Å². The van der Waals surface area contributed by atoms with Gasteiger partial charge in [0, 0.05) is 5.56 Å². The zero-order chi connectivity index (χ0) is 12.2. The summed E-state index contributed by atoms with van der Waals surface area (Å²) < 4.78 is 43.1. The molecule has 1 aromatic carbocycles. The van der Waals surface area contributed by atoms with Crippen LogP contribution in [0.5, 0.6) is 0 Å². The molecule has 0 atom stereocenters. The Kier molecular flexibility index (Phi) is 3.99. The van der Waals surface area contributed by atoms with E-state index in [2.05, 4.69) is 6.92 Å². The van der Waals surface area contributed by atoms with Crippen LogP contribution in [0.2, 0.25) is 0 Å². The lowest BCUT2D eigenvalue weighted by Crippen LogP contribution is -2.09. The highest BCUT2D eigenvalue weighted by molar-refractivity contribution is 5.63. The minimum atomic E-state index is -4.38. The molecule has 0 spiro atoms. The van der Waals surface area contributed by atoms with Crippen LogP contribution in [0.3, 0.4) is 0 Å². The van der Waals surface area contributed by atoms with Crippen molar-refractivity contribution in [1.82, 2.24) is 0 Å². The molecule has 0 amide bonds. The summed E-state index contributed by atoms with van der Waals surface area (Å²) in [6.45, 7) is 5.16. The van der Waals surface area contributed by atoms with Gasteiger partial charge in [0.15, 0.2) is 0 Å². The molecule has 1 aromatic rings. The van der Waals surface area contributed by atoms with E-state index in [0.717, 1.165) is 6.07 Å². The number of allylic oxidation sites excluding steroid dienone is 1. The maximum absolute atomic E-state index is 12.7. The fourth-order valence-corrected chi connectivity index (χ4v) is 1.37. The van der Waals surface area contributed by atoms with E-state index in [0.29, 0.717) is 0 Å². The highest BCUT2D eigenvalue weighted by Crippen LogP contribution is 2.35. The van der Waals surface area contributed by atoms with E-state index in [9.17, 15) is 13.2 Å². The number of benzene rings is 1. The minimum absolute atomic E-state index is 0.0427. The van der Waals surface area contributed by atoms with Gasteiger partial charge in [0.1, 0.15) is 5.76 Å². The summed E-state index contributed by atoms with van der Waals surface area (Å²) in [6.07, 6.45) is -2.88. The Morgan fingerprint density at radius 1 is 1.38 bits per heavy atom. The van der Waals surface area contributed by atoms with Crippen LogP contribution in [0.25, 0.3) is 5.76 Å². The Morgan fingerprint density at radius 3 is 2.50 bits per heavy atom. The third-order valence-electron chi connectivity index (χ3n) is 2.02. The van der Waals surface area contributed by atoms with Gasteiger partial charge in [-0.25, -0.2) is 0 Å². The van der Waals surface area contributed by atoms with Gasteiger partial charge in [-0.1, -0.05) is 18.2 Å². The predicted molar refractivity (Wildman–Crippen MR) is 56.4 cm³/mol. The van der Waals surface area contributed by atoms with Gasteiger partial charge in [-0.15, -0.1) is 0 Å². The quantitative estimate of drug-likeness (QED) is 0.714. The summed E-state index contributed by atoms with van der Waals surface area (Å²) in [5.74, 6) is 0.197. The van der Waals surface area contributed by atoms with Crippen LogP contribution >= 0.6 is 0 Å². The zero-order valence-corrected chi connectivity index (χ0v) is 8.84. The van der Waals surface area contributed by atoms with Gasteiger partial charge in [0.05, 0.1) is 12.2 Å². The van der Waals surface area contributed by atoms with Crippen molar-refractivity contribution in [3.05, 3.63) is 48.4 Å². The van der Waals surface area contributed by atoms with E-state index in [1.54, 1.807) is 13.0 Å². The molecule has 1 rings (SSSR count). The van der Waals surface area contributed by atoms with Gasteiger partial charge in [0.2, 0.25) is 0 Å². The lowest BCUT2D eigenvalue weighted by molar-refractivity contribution is -0.137. The zero-order valence-electron chi connectivity index (χ0n) is 8.84. The van der Waals surface area contributed by atoms with Crippen molar-refractivity contribution in [3.8, 4) is 0 Å². The number of halogens is 3. The Balaban J connectivity index is 3.23. The molecule has 0 aromatic heterocycles. The second-order valence-electron chi connectivity index (χ2n) is 3.04. The molecule has 4 heteroatoms. The SMILES string of the molecule is [CH2]COC(=CC)c1ccccc1C(F)(F)F. The molecule has 1 radical (unpaired) electrons. The monoisotopic (exact) mass is 229 g/mol. The Labute approximate surface area is 92.5 Å². The van der Waals surface area contributed by atoms with Crippen molar-refractivity contribution in [2.45, 2.75) is 13.1 Å². The van der Waals surface area contributed by atoms with E-state index in [4.69, 9.17) is 4.74 Å². The first kappa shape index (κ1) is 12.6. The van der Waals surface area contributed by atoms with Gasteiger partial charge in [-0.3, -0.25) is 0 Å². The van der Waals surface area contributed by atoms with Gasteiger partial charge in [-0.05, 0) is 26.0 Å². The normalized spacial score (nSPS) is 12.7. The maximum Gasteiger partial charge on any atom is 0.417 e. The summed E-state index contributed by atoms with van der Waals surface area (Å²) in [5, 5.41) is 0. The van der Waals surface area contributed by atoms with Crippen molar-refractivity contribution in [2.24, 2.45) is 0 Å². The maximum atomic E-state index is 12.7. The molecule has 0 N–H and O–H groups in total. The first-order chi connectivity index (χ1) is 7.50. The summed E-state index contributed by atoms with van der Waals surface area (Å²) in [6, 6.07) is 5.31. The van der Waals surface area contributed by atoms with E-state index < -0.39 is 11.7 Å². The van der Waals surface area contributed by atoms with Crippen molar-refractivity contribution in [2.75, 3.05) is 6.61 Å². The lowest BCUT2D eigenvalue weighted by atomic mass is 10.1. The average Bonchev–Trinajstić information content (AvgIpc) is 2.25. The second kappa shape index (κ2) is 5.05. The van der Waals surface area contributed by atoms with Gasteiger partial charge in [0.25, 0.3) is 0 Å². The third-order valence-corrected chi connectivity index (χ3v) is 2.02. The average molecular weight is 229 g/mol. The molecule has 0 aliphatic carbocycles. The molecule has 0 aliphatic heterocycles. The number of hydrogen-bond acceptors (Lipinski definition) is 1. The van der Waals surface area contributed by atoms with E-state index in [-0.39, 0.29) is 17.9 Å². The Morgan fingerprint density at radius 2 is 2.00 bits per heavy atom. The summed E-state index contributed by atoms with van der Waals surface area (Å²) in [5.41, 5.74) is -0.655. The van der Waals surface area contributed by atoms with Crippen molar-refractivity contribution in [3.63, 3.8) is 0 Å². The summed E-state index contributed by atoms with van der Waals surface area (Å²) in [7, 11) is 0. The molecule has 16 heavy (non-hydrogen) atoms. The molecule has 87 valence electrons. The number of hydrogen-bond donors (Lipinski definition) is 0. The van der Waals surface area contributed by atoms with Crippen LogP contribution in [0.15, 0.2) is 30.3 Å². The van der Waals surface area contributed by atoms with Crippen molar-refractivity contribution < 1.29 is 17.9 Å². The fourth-order valence-electron chi connectivity index (χ4n) is 1.37. The summed E-state index contributed by atoms with van der Waals surface area (Å²) in [4.78, 5) is 0. The lowest BCUT2D eigenvalue weighted by Gasteiger charge is -2.15. The molecule has 0 unspecified atom stereocenters. The van der Waals surface area contributed by atoms with E-state index >= 15 is 0 Å².